The van der Waals surface area contributed by atoms with E-state index in [2.05, 4.69) is 47.7 Å². The van der Waals surface area contributed by atoms with Gasteiger partial charge in [0.25, 0.3) is 5.91 Å². The lowest BCUT2D eigenvalue weighted by atomic mass is 9.87. The molecule has 138 valence electrons. The summed E-state index contributed by atoms with van der Waals surface area (Å²) in [7, 11) is 0. The van der Waals surface area contributed by atoms with Crippen LogP contribution in [-0.2, 0) is 13.0 Å². The quantitative estimate of drug-likeness (QED) is 0.752. The van der Waals surface area contributed by atoms with Crippen LogP contribution < -0.4 is 5.32 Å². The molecule has 1 aromatic heterocycles. The lowest BCUT2D eigenvalue weighted by Crippen LogP contribution is -2.30. The molecule has 0 saturated carbocycles. The van der Waals surface area contributed by atoms with Crippen LogP contribution in [0.1, 0.15) is 57.3 Å². The number of nitrogens with zero attached hydrogens (tertiary/aromatic N) is 2. The van der Waals surface area contributed by atoms with Crippen molar-refractivity contribution in [1.29, 1.82) is 0 Å². The number of aryl methyl sites for hydroxylation is 3. The second kappa shape index (κ2) is 7.39. The Hall–Kier alpha value is -2.88. The molecular weight excluding hydrogens is 334 g/mol. The monoisotopic (exact) mass is 359 g/mol. The standard InChI is InChI=1S/C23H25N3O/c1-16-14-17(2)26(25-16)15-18-10-12-20(13-11-18)23(27)24-22-9-5-7-19-6-3-4-8-21(19)22/h3-4,6,8,10-14,22H,5,7,9,15H2,1-2H3,(H,24,27)/t22-/m1/s1. The molecule has 0 bridgehead atoms. The van der Waals surface area contributed by atoms with E-state index in [1.165, 1.54) is 11.1 Å². The molecule has 1 aliphatic rings. The number of fused-ring (bicyclic) bond motifs is 1. The van der Waals surface area contributed by atoms with Gasteiger partial charge in [0.2, 0.25) is 0 Å². The highest BCUT2D eigenvalue weighted by Gasteiger charge is 2.21. The van der Waals surface area contributed by atoms with Crippen molar-refractivity contribution in [3.63, 3.8) is 0 Å². The maximum Gasteiger partial charge on any atom is 0.251 e. The first kappa shape index (κ1) is 17.5. The van der Waals surface area contributed by atoms with Gasteiger partial charge in [-0.25, -0.2) is 0 Å². The number of carbonyl (C=O) groups is 1. The van der Waals surface area contributed by atoms with E-state index in [0.29, 0.717) is 5.56 Å². The molecule has 0 aliphatic heterocycles. The molecule has 1 aliphatic carbocycles. The molecular formula is C23H25N3O. The maximum absolute atomic E-state index is 12.7. The average Bonchev–Trinajstić information content (AvgIpc) is 2.99. The van der Waals surface area contributed by atoms with Crippen LogP contribution >= 0.6 is 0 Å². The Morgan fingerprint density at radius 1 is 1.15 bits per heavy atom. The van der Waals surface area contributed by atoms with Gasteiger partial charge in [0, 0.05) is 11.3 Å². The summed E-state index contributed by atoms with van der Waals surface area (Å²) in [6.07, 6.45) is 3.21. The van der Waals surface area contributed by atoms with E-state index >= 15 is 0 Å². The highest BCUT2D eigenvalue weighted by atomic mass is 16.1. The highest BCUT2D eigenvalue weighted by Crippen LogP contribution is 2.29. The van der Waals surface area contributed by atoms with Gasteiger partial charge < -0.3 is 5.32 Å². The number of rotatable bonds is 4. The smallest absolute Gasteiger partial charge is 0.251 e. The molecule has 4 nitrogen and oxygen atoms in total. The van der Waals surface area contributed by atoms with Crippen molar-refractivity contribution in [1.82, 2.24) is 15.1 Å². The zero-order valence-corrected chi connectivity index (χ0v) is 15.9. The van der Waals surface area contributed by atoms with E-state index < -0.39 is 0 Å². The van der Waals surface area contributed by atoms with Crippen molar-refractivity contribution >= 4 is 5.91 Å². The van der Waals surface area contributed by atoms with E-state index in [1.54, 1.807) is 0 Å². The predicted octanol–water partition coefficient (Wildman–Crippen LogP) is 4.36. The van der Waals surface area contributed by atoms with E-state index in [9.17, 15) is 4.79 Å². The molecule has 27 heavy (non-hydrogen) atoms. The second-order valence-corrected chi connectivity index (χ2v) is 7.40. The number of hydrogen-bond acceptors (Lipinski definition) is 2. The minimum absolute atomic E-state index is 0.00522. The molecule has 1 heterocycles. The van der Waals surface area contributed by atoms with Crippen molar-refractivity contribution in [2.45, 2.75) is 45.7 Å². The van der Waals surface area contributed by atoms with Crippen LogP contribution in [0.4, 0.5) is 0 Å². The van der Waals surface area contributed by atoms with Gasteiger partial charge in [0.05, 0.1) is 18.3 Å². The van der Waals surface area contributed by atoms with Crippen LogP contribution in [0.2, 0.25) is 0 Å². The van der Waals surface area contributed by atoms with Crippen LogP contribution in [-0.4, -0.2) is 15.7 Å². The summed E-state index contributed by atoms with van der Waals surface area (Å²) in [5, 5.41) is 7.72. The van der Waals surface area contributed by atoms with E-state index in [1.807, 2.05) is 35.9 Å². The number of amides is 1. The molecule has 2 aromatic carbocycles. The third-order valence-electron chi connectivity index (χ3n) is 5.33. The topological polar surface area (TPSA) is 46.9 Å². The molecule has 1 N–H and O–H groups in total. The fraction of sp³-hybridized carbons (Fsp3) is 0.304. The van der Waals surface area contributed by atoms with Crippen LogP contribution in [0.5, 0.6) is 0 Å². The normalized spacial score (nSPS) is 16.0. The first-order chi connectivity index (χ1) is 13.1. The van der Waals surface area contributed by atoms with Gasteiger partial charge in [-0.3, -0.25) is 9.48 Å². The predicted molar refractivity (Wildman–Crippen MR) is 107 cm³/mol. The number of benzene rings is 2. The second-order valence-electron chi connectivity index (χ2n) is 7.40. The van der Waals surface area contributed by atoms with Crippen LogP contribution in [0.3, 0.4) is 0 Å². The van der Waals surface area contributed by atoms with Crippen molar-refractivity contribution in [2.75, 3.05) is 0 Å². The minimum atomic E-state index is -0.00522. The number of aromatic nitrogens is 2. The van der Waals surface area contributed by atoms with E-state index in [-0.39, 0.29) is 11.9 Å². The van der Waals surface area contributed by atoms with Crippen LogP contribution in [0.25, 0.3) is 0 Å². The van der Waals surface area contributed by atoms with E-state index in [4.69, 9.17) is 0 Å². The van der Waals surface area contributed by atoms with E-state index in [0.717, 1.165) is 42.8 Å². The summed E-state index contributed by atoms with van der Waals surface area (Å²) in [5.74, 6) is -0.00522. The summed E-state index contributed by atoms with van der Waals surface area (Å²) >= 11 is 0. The van der Waals surface area contributed by atoms with Crippen molar-refractivity contribution in [3.8, 4) is 0 Å². The van der Waals surface area contributed by atoms with Gasteiger partial charge in [-0.15, -0.1) is 0 Å². The molecule has 0 saturated heterocycles. The Labute approximate surface area is 160 Å². The highest BCUT2D eigenvalue weighted by molar-refractivity contribution is 5.94. The Bertz CT molecular complexity index is 956. The average molecular weight is 359 g/mol. The minimum Gasteiger partial charge on any atom is -0.345 e. The third-order valence-corrected chi connectivity index (χ3v) is 5.33. The lowest BCUT2D eigenvalue weighted by molar-refractivity contribution is 0.0932. The fourth-order valence-electron chi connectivity index (χ4n) is 3.91. The first-order valence-corrected chi connectivity index (χ1v) is 9.59. The lowest BCUT2D eigenvalue weighted by Gasteiger charge is -2.26. The van der Waals surface area contributed by atoms with Gasteiger partial charge in [0.15, 0.2) is 0 Å². The van der Waals surface area contributed by atoms with Crippen LogP contribution in [0.15, 0.2) is 54.6 Å². The van der Waals surface area contributed by atoms with Gasteiger partial charge >= 0.3 is 0 Å². The Morgan fingerprint density at radius 2 is 1.93 bits per heavy atom. The Kier molecular flexibility index (Phi) is 4.80. The maximum atomic E-state index is 12.7. The number of hydrogen-bond donors (Lipinski definition) is 1. The Morgan fingerprint density at radius 3 is 2.67 bits per heavy atom. The Balaban J connectivity index is 1.45. The summed E-state index contributed by atoms with van der Waals surface area (Å²) in [6.45, 7) is 4.78. The first-order valence-electron chi connectivity index (χ1n) is 9.59. The van der Waals surface area contributed by atoms with Crippen LogP contribution in [0, 0.1) is 13.8 Å². The molecule has 3 aromatic rings. The largest absolute Gasteiger partial charge is 0.345 e. The zero-order valence-electron chi connectivity index (χ0n) is 15.9. The molecule has 0 fully saturated rings. The summed E-state index contributed by atoms with van der Waals surface area (Å²) in [5.41, 5.74) is 6.63. The molecule has 0 unspecified atom stereocenters. The SMILES string of the molecule is Cc1cc(C)n(Cc2ccc(C(=O)N[C@@H]3CCCc4ccccc43)cc2)n1. The molecule has 4 rings (SSSR count). The molecule has 1 atom stereocenters. The summed E-state index contributed by atoms with van der Waals surface area (Å²) in [6, 6.07) is 18.5. The van der Waals surface area contributed by atoms with Gasteiger partial charge in [-0.2, -0.15) is 5.10 Å². The van der Waals surface area contributed by atoms with Crippen molar-refractivity contribution in [2.24, 2.45) is 0 Å². The molecule has 0 radical (unpaired) electrons. The molecule has 1 amide bonds. The number of carbonyl (C=O) groups excluding carboxylic acids is 1. The molecule has 4 heteroatoms. The third kappa shape index (κ3) is 3.80. The fourth-order valence-corrected chi connectivity index (χ4v) is 3.91. The molecule has 0 spiro atoms. The van der Waals surface area contributed by atoms with Crippen molar-refractivity contribution < 1.29 is 4.79 Å². The van der Waals surface area contributed by atoms with Crippen molar-refractivity contribution in [3.05, 3.63) is 88.2 Å². The zero-order chi connectivity index (χ0) is 18.8. The number of nitrogens with one attached hydrogen (secondary N) is 1. The summed E-state index contributed by atoms with van der Waals surface area (Å²) in [4.78, 5) is 12.7. The van der Waals surface area contributed by atoms with Gasteiger partial charge in [-0.05, 0) is 68.0 Å². The van der Waals surface area contributed by atoms with Gasteiger partial charge in [0.1, 0.15) is 0 Å². The van der Waals surface area contributed by atoms with Gasteiger partial charge in [-0.1, -0.05) is 36.4 Å². The summed E-state index contributed by atoms with van der Waals surface area (Å²) < 4.78 is 1.99.